The van der Waals surface area contributed by atoms with E-state index < -0.39 is 6.10 Å². The molecule has 0 spiro atoms. The van der Waals surface area contributed by atoms with Crippen molar-refractivity contribution >= 4 is 11.8 Å². The van der Waals surface area contributed by atoms with Gasteiger partial charge in [0.05, 0.1) is 18.2 Å². The Morgan fingerprint density at radius 2 is 1.74 bits per heavy atom. The molecule has 1 aromatic carbocycles. The fraction of sp³-hybridized carbons (Fsp3) is 0.550. The predicted molar refractivity (Wildman–Crippen MR) is 102 cm³/mol. The zero-order valence-electron chi connectivity index (χ0n) is 16.4. The smallest absolute Gasteiger partial charge is 0.263 e. The SMILES string of the molecule is CCN(CC)C(=O)CN1CCN(C(=O)C(C)Oc2ccc(C#N)cc2)CC1. The molecule has 27 heavy (non-hydrogen) atoms. The molecule has 1 unspecified atom stereocenters. The summed E-state index contributed by atoms with van der Waals surface area (Å²) in [7, 11) is 0. The van der Waals surface area contributed by atoms with Gasteiger partial charge in [-0.2, -0.15) is 5.26 Å². The molecule has 7 heteroatoms. The van der Waals surface area contributed by atoms with E-state index in [0.717, 1.165) is 13.1 Å². The first-order valence-electron chi connectivity index (χ1n) is 9.44. The Morgan fingerprint density at radius 1 is 1.15 bits per heavy atom. The molecule has 1 aliphatic rings. The second-order valence-corrected chi connectivity index (χ2v) is 6.56. The van der Waals surface area contributed by atoms with Crippen LogP contribution in [0.2, 0.25) is 0 Å². The monoisotopic (exact) mass is 372 g/mol. The zero-order valence-corrected chi connectivity index (χ0v) is 16.4. The first kappa shape index (κ1) is 20.7. The quantitative estimate of drug-likeness (QED) is 0.722. The molecule has 146 valence electrons. The number of amides is 2. The normalized spacial score (nSPS) is 15.7. The number of carbonyl (C=O) groups excluding carboxylic acids is 2. The Balaban J connectivity index is 1.81. The Bertz CT molecular complexity index is 671. The summed E-state index contributed by atoms with van der Waals surface area (Å²) in [4.78, 5) is 30.5. The average Bonchev–Trinajstić information content (AvgIpc) is 2.69. The number of piperazine rings is 1. The summed E-state index contributed by atoms with van der Waals surface area (Å²) in [5.74, 6) is 0.643. The van der Waals surface area contributed by atoms with Crippen molar-refractivity contribution in [2.45, 2.75) is 26.9 Å². The molecule has 1 saturated heterocycles. The van der Waals surface area contributed by atoms with E-state index in [0.29, 0.717) is 44.0 Å². The van der Waals surface area contributed by atoms with Gasteiger partial charge in [0.25, 0.3) is 5.91 Å². The van der Waals surface area contributed by atoms with Crippen LogP contribution in [0.5, 0.6) is 5.75 Å². The summed E-state index contributed by atoms with van der Waals surface area (Å²) in [5.41, 5.74) is 0.553. The second-order valence-electron chi connectivity index (χ2n) is 6.56. The minimum atomic E-state index is -0.596. The van der Waals surface area contributed by atoms with Crippen molar-refractivity contribution in [1.29, 1.82) is 5.26 Å². The van der Waals surface area contributed by atoms with Crippen LogP contribution < -0.4 is 4.74 Å². The summed E-state index contributed by atoms with van der Waals surface area (Å²) in [6, 6.07) is 8.77. The lowest BCUT2D eigenvalue weighted by Gasteiger charge is -2.36. The Hall–Kier alpha value is -2.59. The molecule has 0 radical (unpaired) electrons. The maximum Gasteiger partial charge on any atom is 0.263 e. The molecule has 1 aromatic rings. The molecule has 2 amide bonds. The molecule has 0 aromatic heterocycles. The Labute approximate surface area is 161 Å². The van der Waals surface area contributed by atoms with Gasteiger partial charge in [-0.15, -0.1) is 0 Å². The number of nitriles is 1. The minimum Gasteiger partial charge on any atom is -0.481 e. The van der Waals surface area contributed by atoms with Crippen molar-refractivity contribution in [1.82, 2.24) is 14.7 Å². The van der Waals surface area contributed by atoms with Crippen LogP contribution in [0.15, 0.2) is 24.3 Å². The Morgan fingerprint density at radius 3 is 2.26 bits per heavy atom. The van der Waals surface area contributed by atoms with Gasteiger partial charge in [-0.1, -0.05) is 0 Å². The number of likely N-dealkylation sites (N-methyl/N-ethyl adjacent to an activating group) is 1. The van der Waals surface area contributed by atoms with E-state index in [4.69, 9.17) is 10.00 Å². The van der Waals surface area contributed by atoms with Crippen LogP contribution in [-0.2, 0) is 9.59 Å². The summed E-state index contributed by atoms with van der Waals surface area (Å²) >= 11 is 0. The fourth-order valence-electron chi connectivity index (χ4n) is 3.11. The predicted octanol–water partition coefficient (Wildman–Crippen LogP) is 1.34. The Kier molecular flexibility index (Phi) is 7.62. The van der Waals surface area contributed by atoms with E-state index in [-0.39, 0.29) is 11.8 Å². The number of hydrogen-bond donors (Lipinski definition) is 0. The van der Waals surface area contributed by atoms with Crippen LogP contribution in [0.1, 0.15) is 26.3 Å². The molecule has 1 atom stereocenters. The second kappa shape index (κ2) is 9.93. The van der Waals surface area contributed by atoms with Crippen molar-refractivity contribution in [3.8, 4) is 11.8 Å². The van der Waals surface area contributed by atoms with Crippen LogP contribution in [0, 0.1) is 11.3 Å². The highest BCUT2D eigenvalue weighted by Gasteiger charge is 2.27. The lowest BCUT2D eigenvalue weighted by molar-refractivity contribution is -0.140. The highest BCUT2D eigenvalue weighted by atomic mass is 16.5. The average molecular weight is 372 g/mol. The van der Waals surface area contributed by atoms with Crippen molar-refractivity contribution in [3.05, 3.63) is 29.8 Å². The molecule has 0 saturated carbocycles. The first-order valence-corrected chi connectivity index (χ1v) is 9.44. The number of benzene rings is 1. The maximum absolute atomic E-state index is 12.6. The van der Waals surface area contributed by atoms with Crippen LogP contribution in [0.3, 0.4) is 0 Å². The summed E-state index contributed by atoms with van der Waals surface area (Å²) in [6.45, 7) is 10.1. The fourth-order valence-corrected chi connectivity index (χ4v) is 3.11. The molecule has 0 N–H and O–H groups in total. The van der Waals surface area contributed by atoms with Crippen molar-refractivity contribution in [3.63, 3.8) is 0 Å². The van der Waals surface area contributed by atoms with Gasteiger partial charge < -0.3 is 14.5 Å². The van der Waals surface area contributed by atoms with Gasteiger partial charge in [-0.25, -0.2) is 0 Å². The third-order valence-electron chi connectivity index (χ3n) is 4.80. The van der Waals surface area contributed by atoms with Gasteiger partial charge in [-0.3, -0.25) is 14.5 Å². The van der Waals surface area contributed by atoms with Gasteiger partial charge in [0.1, 0.15) is 5.75 Å². The van der Waals surface area contributed by atoms with E-state index in [9.17, 15) is 9.59 Å². The molecule has 2 rings (SSSR count). The number of ether oxygens (including phenoxy) is 1. The lowest BCUT2D eigenvalue weighted by atomic mass is 10.2. The van der Waals surface area contributed by atoms with Gasteiger partial charge in [0, 0.05) is 39.3 Å². The van der Waals surface area contributed by atoms with Gasteiger partial charge >= 0.3 is 0 Å². The van der Waals surface area contributed by atoms with Crippen molar-refractivity contribution in [2.75, 3.05) is 45.8 Å². The largest absolute Gasteiger partial charge is 0.481 e. The van der Waals surface area contributed by atoms with E-state index in [2.05, 4.69) is 11.0 Å². The van der Waals surface area contributed by atoms with Crippen LogP contribution in [0.25, 0.3) is 0 Å². The summed E-state index contributed by atoms with van der Waals surface area (Å²) in [5, 5.41) is 8.82. The van der Waals surface area contributed by atoms with E-state index in [1.807, 2.05) is 18.7 Å². The van der Waals surface area contributed by atoms with Gasteiger partial charge in [0.2, 0.25) is 5.91 Å². The van der Waals surface area contributed by atoms with Crippen LogP contribution in [0.4, 0.5) is 0 Å². The third kappa shape index (κ3) is 5.69. The molecule has 1 aliphatic heterocycles. The molecule has 0 aliphatic carbocycles. The molecule has 1 heterocycles. The first-order chi connectivity index (χ1) is 13.0. The number of carbonyl (C=O) groups is 2. The van der Waals surface area contributed by atoms with Gasteiger partial charge in [0.15, 0.2) is 6.10 Å². The van der Waals surface area contributed by atoms with E-state index in [1.165, 1.54) is 0 Å². The third-order valence-corrected chi connectivity index (χ3v) is 4.80. The maximum atomic E-state index is 12.6. The van der Waals surface area contributed by atoms with E-state index >= 15 is 0 Å². The van der Waals surface area contributed by atoms with Gasteiger partial charge in [-0.05, 0) is 45.0 Å². The number of hydrogen-bond acceptors (Lipinski definition) is 5. The highest BCUT2D eigenvalue weighted by Crippen LogP contribution is 2.15. The minimum absolute atomic E-state index is 0.0610. The lowest BCUT2D eigenvalue weighted by Crippen LogP contribution is -2.53. The number of nitrogens with zero attached hydrogens (tertiary/aromatic N) is 4. The summed E-state index contributed by atoms with van der Waals surface area (Å²) in [6.07, 6.45) is -0.596. The summed E-state index contributed by atoms with van der Waals surface area (Å²) < 4.78 is 5.71. The molecule has 1 fully saturated rings. The zero-order chi connectivity index (χ0) is 19.8. The van der Waals surface area contributed by atoms with Crippen LogP contribution >= 0.6 is 0 Å². The highest BCUT2D eigenvalue weighted by molar-refractivity contribution is 5.81. The topological polar surface area (TPSA) is 76.9 Å². The molecular weight excluding hydrogens is 344 g/mol. The molecule has 0 bridgehead atoms. The van der Waals surface area contributed by atoms with Crippen molar-refractivity contribution in [2.24, 2.45) is 0 Å². The standard InChI is InChI=1S/C20H28N4O3/c1-4-23(5-2)19(25)15-22-10-12-24(13-11-22)20(26)16(3)27-18-8-6-17(14-21)7-9-18/h6-9,16H,4-5,10-13,15H2,1-3H3. The molecule has 7 nitrogen and oxygen atoms in total. The number of rotatable bonds is 7. The van der Waals surface area contributed by atoms with E-state index in [1.54, 1.807) is 36.1 Å². The van der Waals surface area contributed by atoms with Crippen LogP contribution in [-0.4, -0.2) is 78.4 Å². The molecular formula is C20H28N4O3. The van der Waals surface area contributed by atoms with Crippen molar-refractivity contribution < 1.29 is 14.3 Å².